The number of nitrogens with one attached hydrogen (secondary N) is 1. The van der Waals surface area contributed by atoms with Gasteiger partial charge >= 0.3 is 86.3 Å². The summed E-state index contributed by atoms with van der Waals surface area (Å²) >= 11 is 1.52. The molecule has 0 spiro atoms. The molecular weight excluding hydrogens is 229 g/mol. The summed E-state index contributed by atoms with van der Waals surface area (Å²) in [5.41, 5.74) is 1.08. The number of anilines is 1. The molecule has 1 atom stereocenters. The SMILES string of the molecule is CNc1ccc(OCCO)c([AsH2])c1. The first kappa shape index (κ1) is 10.4. The molecule has 13 heavy (non-hydrogen) atoms. The second kappa shape index (κ2) is 5.15. The van der Waals surface area contributed by atoms with E-state index in [-0.39, 0.29) is 6.61 Å². The molecule has 1 unspecified atom stereocenters. The molecule has 0 saturated heterocycles. The molecule has 3 nitrogen and oxygen atoms in total. The molecule has 0 aliphatic carbocycles. The minimum absolute atomic E-state index is 0.0558. The third kappa shape index (κ3) is 2.94. The monoisotopic (exact) mass is 243 g/mol. The number of hydrogen-bond acceptors (Lipinski definition) is 3. The first-order valence-electron chi connectivity index (χ1n) is 4.09. The Kier molecular flexibility index (Phi) is 4.13. The molecule has 0 aromatic heterocycles. The van der Waals surface area contributed by atoms with Crippen molar-refractivity contribution in [3.05, 3.63) is 18.2 Å². The van der Waals surface area contributed by atoms with Gasteiger partial charge in [0, 0.05) is 0 Å². The Morgan fingerprint density at radius 1 is 1.54 bits per heavy atom. The average Bonchev–Trinajstić information content (AvgIpc) is 2.16. The summed E-state index contributed by atoms with van der Waals surface area (Å²) in [6.07, 6.45) is 0. The fourth-order valence-electron chi connectivity index (χ4n) is 0.991. The van der Waals surface area contributed by atoms with Gasteiger partial charge in [-0.3, -0.25) is 0 Å². The minimum atomic E-state index is 0.0558. The summed E-state index contributed by atoms with van der Waals surface area (Å²) < 4.78 is 6.46. The molecule has 1 aromatic rings. The number of benzene rings is 1. The Morgan fingerprint density at radius 3 is 2.85 bits per heavy atom. The molecule has 1 aromatic carbocycles. The van der Waals surface area contributed by atoms with E-state index in [2.05, 4.69) is 5.32 Å². The Hall–Kier alpha value is -0.662. The molecule has 0 saturated carbocycles. The zero-order chi connectivity index (χ0) is 9.68. The van der Waals surface area contributed by atoms with Crippen molar-refractivity contribution < 1.29 is 9.84 Å². The summed E-state index contributed by atoms with van der Waals surface area (Å²) in [7, 11) is 1.88. The van der Waals surface area contributed by atoms with Crippen LogP contribution >= 0.6 is 0 Å². The van der Waals surface area contributed by atoms with Gasteiger partial charge in [-0.05, 0) is 0 Å². The van der Waals surface area contributed by atoms with Crippen molar-refractivity contribution in [3.8, 4) is 5.75 Å². The van der Waals surface area contributed by atoms with E-state index in [4.69, 9.17) is 9.84 Å². The molecule has 0 amide bonds. The van der Waals surface area contributed by atoms with Gasteiger partial charge in [0.1, 0.15) is 0 Å². The summed E-state index contributed by atoms with van der Waals surface area (Å²) in [6.45, 7) is 0.413. The molecule has 1 rings (SSSR count). The maximum atomic E-state index is 8.59. The van der Waals surface area contributed by atoms with E-state index in [1.165, 1.54) is 16.9 Å². The molecule has 72 valence electrons. The number of ether oxygens (including phenoxy) is 1. The topological polar surface area (TPSA) is 41.5 Å². The van der Waals surface area contributed by atoms with Gasteiger partial charge in [-0.15, -0.1) is 0 Å². The average molecular weight is 243 g/mol. The predicted octanol–water partition coefficient (Wildman–Crippen LogP) is -0.642. The van der Waals surface area contributed by atoms with Gasteiger partial charge in [0.25, 0.3) is 0 Å². The van der Waals surface area contributed by atoms with Crippen LogP contribution in [-0.2, 0) is 0 Å². The maximum absolute atomic E-state index is 8.59. The van der Waals surface area contributed by atoms with Crippen LogP contribution in [0.3, 0.4) is 0 Å². The van der Waals surface area contributed by atoms with E-state index in [0.29, 0.717) is 6.61 Å². The molecule has 0 heterocycles. The van der Waals surface area contributed by atoms with Crippen LogP contribution in [0.1, 0.15) is 0 Å². The summed E-state index contributed by atoms with van der Waals surface area (Å²) in [4.78, 5) is 0. The Balaban J connectivity index is 2.73. The second-order valence-electron chi connectivity index (χ2n) is 2.57. The van der Waals surface area contributed by atoms with Gasteiger partial charge in [0.15, 0.2) is 0 Å². The summed E-state index contributed by atoms with van der Waals surface area (Å²) in [6, 6.07) is 5.90. The summed E-state index contributed by atoms with van der Waals surface area (Å²) in [5, 5.41) is 11.6. The van der Waals surface area contributed by atoms with E-state index >= 15 is 0 Å². The van der Waals surface area contributed by atoms with Gasteiger partial charge < -0.3 is 0 Å². The molecule has 0 radical (unpaired) electrons. The van der Waals surface area contributed by atoms with E-state index in [9.17, 15) is 0 Å². The first-order chi connectivity index (χ1) is 6.27. The standard InChI is InChI=1S/C9H14AsNO2/c1-11-7-2-3-9(8(10)6-7)13-5-4-12/h2-3,6,11-12H,4-5,10H2,1H3. The third-order valence-electron chi connectivity index (χ3n) is 1.65. The van der Waals surface area contributed by atoms with Crippen LogP contribution in [0.5, 0.6) is 5.75 Å². The molecule has 0 aliphatic rings. The first-order valence-corrected chi connectivity index (χ1v) is 5.30. The Bertz CT molecular complexity index is 278. The van der Waals surface area contributed by atoms with Crippen molar-refractivity contribution in [1.29, 1.82) is 0 Å². The predicted molar refractivity (Wildman–Crippen MR) is 56.7 cm³/mol. The number of rotatable bonds is 4. The molecule has 4 heteroatoms. The van der Waals surface area contributed by atoms with E-state index in [1.54, 1.807) is 0 Å². The Morgan fingerprint density at radius 2 is 2.31 bits per heavy atom. The van der Waals surface area contributed by atoms with Crippen LogP contribution in [0.15, 0.2) is 18.2 Å². The molecule has 0 bridgehead atoms. The number of hydrogen-bond donors (Lipinski definition) is 2. The fraction of sp³-hybridized carbons (Fsp3) is 0.333. The van der Waals surface area contributed by atoms with Gasteiger partial charge in [0.2, 0.25) is 0 Å². The van der Waals surface area contributed by atoms with Gasteiger partial charge in [-0.1, -0.05) is 0 Å². The van der Waals surface area contributed by atoms with E-state index in [1.807, 2.05) is 25.2 Å². The van der Waals surface area contributed by atoms with Crippen LogP contribution in [0.4, 0.5) is 5.69 Å². The number of aliphatic hydroxyl groups is 1. The van der Waals surface area contributed by atoms with Crippen LogP contribution in [0.2, 0.25) is 0 Å². The zero-order valence-corrected chi connectivity index (χ0v) is 10.0. The molecule has 0 fully saturated rings. The zero-order valence-electron chi connectivity index (χ0n) is 7.58. The molecule has 2 N–H and O–H groups in total. The quantitative estimate of drug-likeness (QED) is 0.691. The van der Waals surface area contributed by atoms with Gasteiger partial charge in [-0.2, -0.15) is 0 Å². The van der Waals surface area contributed by atoms with Crippen molar-refractivity contribution in [2.24, 2.45) is 0 Å². The van der Waals surface area contributed by atoms with Crippen molar-refractivity contribution >= 4 is 26.9 Å². The fourth-order valence-corrected chi connectivity index (χ4v) is 1.74. The van der Waals surface area contributed by atoms with E-state index in [0.717, 1.165) is 15.8 Å². The second-order valence-corrected chi connectivity index (χ2v) is 3.88. The van der Waals surface area contributed by atoms with Gasteiger partial charge in [0.05, 0.1) is 0 Å². The molecular formula is C9H14AsNO2. The van der Waals surface area contributed by atoms with E-state index < -0.39 is 0 Å². The van der Waals surface area contributed by atoms with Crippen molar-refractivity contribution in [2.75, 3.05) is 25.6 Å². The van der Waals surface area contributed by atoms with Crippen molar-refractivity contribution in [3.63, 3.8) is 0 Å². The van der Waals surface area contributed by atoms with Crippen molar-refractivity contribution in [1.82, 2.24) is 0 Å². The van der Waals surface area contributed by atoms with Crippen LogP contribution in [0.25, 0.3) is 0 Å². The summed E-state index contributed by atoms with van der Waals surface area (Å²) in [5.74, 6) is 0.855. The molecule has 0 aliphatic heterocycles. The third-order valence-corrected chi connectivity index (χ3v) is 2.59. The normalized spacial score (nSPS) is 9.77. The number of aliphatic hydroxyl groups excluding tert-OH is 1. The van der Waals surface area contributed by atoms with Crippen molar-refractivity contribution in [2.45, 2.75) is 0 Å². The van der Waals surface area contributed by atoms with Crippen LogP contribution < -0.4 is 14.4 Å². The van der Waals surface area contributed by atoms with Crippen LogP contribution in [-0.4, -0.2) is 42.2 Å². The Labute approximate surface area is 86.6 Å². The van der Waals surface area contributed by atoms with Gasteiger partial charge in [-0.25, -0.2) is 0 Å². The van der Waals surface area contributed by atoms with Crippen LogP contribution in [0, 0.1) is 0 Å².